The first kappa shape index (κ1) is 19.3. The SMILES string of the molecule is Cn1cccc1C(=O)OCC(=O)c1ccc(S(=O)(=O)N2CCCCC2)cc1. The van der Waals surface area contributed by atoms with Crippen LogP contribution in [0.5, 0.6) is 0 Å². The normalized spacial score (nSPS) is 15.4. The van der Waals surface area contributed by atoms with E-state index < -0.39 is 22.6 Å². The Bertz CT molecular complexity index is 925. The van der Waals surface area contributed by atoms with Crippen LogP contribution in [0.3, 0.4) is 0 Å². The van der Waals surface area contributed by atoms with Gasteiger partial charge in [-0.1, -0.05) is 6.42 Å². The number of nitrogens with zero attached hydrogens (tertiary/aromatic N) is 2. The standard InChI is InChI=1S/C19H22N2O5S/c1-20-11-5-6-17(20)19(23)26-14-18(22)15-7-9-16(10-8-15)27(24,25)21-12-3-2-4-13-21/h5-11H,2-4,12-14H2,1H3. The fraction of sp³-hybridized carbons (Fsp3) is 0.368. The zero-order chi connectivity index (χ0) is 19.4. The van der Waals surface area contributed by atoms with Gasteiger partial charge in [-0.05, 0) is 49.2 Å². The molecule has 1 saturated heterocycles. The third kappa shape index (κ3) is 4.28. The molecule has 2 aromatic rings. The zero-order valence-corrected chi connectivity index (χ0v) is 15.9. The van der Waals surface area contributed by atoms with Crippen molar-refractivity contribution in [3.8, 4) is 0 Å². The van der Waals surface area contributed by atoms with Crippen LogP contribution < -0.4 is 0 Å². The van der Waals surface area contributed by atoms with Crippen molar-refractivity contribution in [2.75, 3.05) is 19.7 Å². The Morgan fingerprint density at radius 3 is 2.30 bits per heavy atom. The van der Waals surface area contributed by atoms with Gasteiger partial charge in [-0.15, -0.1) is 0 Å². The number of carbonyl (C=O) groups excluding carboxylic acids is 2. The molecule has 144 valence electrons. The van der Waals surface area contributed by atoms with Crippen molar-refractivity contribution >= 4 is 21.8 Å². The summed E-state index contributed by atoms with van der Waals surface area (Å²) in [6.07, 6.45) is 4.48. The molecule has 0 bridgehead atoms. The fourth-order valence-electron chi connectivity index (χ4n) is 3.03. The zero-order valence-electron chi connectivity index (χ0n) is 15.1. The van der Waals surface area contributed by atoms with Gasteiger partial charge in [0.2, 0.25) is 10.0 Å². The maximum absolute atomic E-state index is 12.6. The summed E-state index contributed by atoms with van der Waals surface area (Å²) in [5.74, 6) is -0.973. The van der Waals surface area contributed by atoms with Gasteiger partial charge in [-0.3, -0.25) is 4.79 Å². The first-order chi connectivity index (χ1) is 12.9. The van der Waals surface area contributed by atoms with Crippen molar-refractivity contribution in [1.82, 2.24) is 8.87 Å². The number of rotatable bonds is 6. The molecule has 0 radical (unpaired) electrons. The number of hydrogen-bond donors (Lipinski definition) is 0. The molecule has 27 heavy (non-hydrogen) atoms. The van der Waals surface area contributed by atoms with Crippen molar-refractivity contribution in [3.05, 3.63) is 53.9 Å². The maximum atomic E-state index is 12.6. The molecule has 1 aromatic carbocycles. The Kier molecular flexibility index (Phi) is 5.76. The van der Waals surface area contributed by atoms with Gasteiger partial charge in [0.15, 0.2) is 12.4 Å². The number of aromatic nitrogens is 1. The lowest BCUT2D eigenvalue weighted by Gasteiger charge is -2.25. The number of piperidine rings is 1. The molecule has 2 heterocycles. The van der Waals surface area contributed by atoms with Gasteiger partial charge in [0.25, 0.3) is 0 Å². The smallest absolute Gasteiger partial charge is 0.355 e. The molecule has 1 fully saturated rings. The molecule has 7 nitrogen and oxygen atoms in total. The van der Waals surface area contributed by atoms with E-state index in [2.05, 4.69) is 0 Å². The van der Waals surface area contributed by atoms with Crippen LogP contribution in [-0.2, 0) is 21.8 Å². The molecule has 8 heteroatoms. The molecule has 3 rings (SSSR count). The summed E-state index contributed by atoms with van der Waals surface area (Å²) in [4.78, 5) is 24.3. The number of Topliss-reactive ketones (excluding diaryl/α,β-unsaturated/α-hetero) is 1. The number of ether oxygens (including phenoxy) is 1. The summed E-state index contributed by atoms with van der Waals surface area (Å²) in [6, 6.07) is 9.07. The predicted octanol–water partition coefficient (Wildman–Crippen LogP) is 2.24. The Morgan fingerprint density at radius 1 is 1.04 bits per heavy atom. The van der Waals surface area contributed by atoms with E-state index in [1.54, 1.807) is 29.9 Å². The molecule has 1 aromatic heterocycles. The molecule has 0 atom stereocenters. The molecule has 0 unspecified atom stereocenters. The van der Waals surface area contributed by atoms with Crippen LogP contribution in [-0.4, -0.2) is 48.7 Å². The van der Waals surface area contributed by atoms with Crippen molar-refractivity contribution < 1.29 is 22.7 Å². The van der Waals surface area contributed by atoms with Crippen LogP contribution in [0.2, 0.25) is 0 Å². The van der Waals surface area contributed by atoms with Crippen molar-refractivity contribution in [3.63, 3.8) is 0 Å². The number of sulfonamides is 1. The van der Waals surface area contributed by atoms with Crippen LogP contribution in [0.15, 0.2) is 47.5 Å². The minimum atomic E-state index is -3.53. The average Bonchev–Trinajstić information content (AvgIpc) is 3.12. The van der Waals surface area contributed by atoms with Crippen LogP contribution in [0.25, 0.3) is 0 Å². The van der Waals surface area contributed by atoms with E-state index in [1.165, 1.54) is 28.6 Å². The minimum Gasteiger partial charge on any atom is -0.453 e. The van der Waals surface area contributed by atoms with E-state index in [1.807, 2.05) is 0 Å². The number of esters is 1. The Balaban J connectivity index is 1.63. The van der Waals surface area contributed by atoms with Gasteiger partial charge in [-0.2, -0.15) is 4.31 Å². The summed E-state index contributed by atoms with van der Waals surface area (Å²) >= 11 is 0. The maximum Gasteiger partial charge on any atom is 0.355 e. The van der Waals surface area contributed by atoms with E-state index in [0.717, 1.165) is 19.3 Å². The quantitative estimate of drug-likeness (QED) is 0.558. The van der Waals surface area contributed by atoms with Crippen LogP contribution in [0.1, 0.15) is 40.1 Å². The summed E-state index contributed by atoms with van der Waals surface area (Å²) in [5.41, 5.74) is 0.651. The molecule has 1 aliphatic heterocycles. The van der Waals surface area contributed by atoms with E-state index in [9.17, 15) is 18.0 Å². The molecule has 1 aliphatic rings. The largest absolute Gasteiger partial charge is 0.453 e. The van der Waals surface area contributed by atoms with E-state index >= 15 is 0 Å². The first-order valence-electron chi connectivity index (χ1n) is 8.81. The van der Waals surface area contributed by atoms with Crippen LogP contribution in [0, 0.1) is 0 Å². The minimum absolute atomic E-state index is 0.168. The van der Waals surface area contributed by atoms with Gasteiger partial charge in [-0.25, -0.2) is 13.2 Å². The topological polar surface area (TPSA) is 85.7 Å². The highest BCUT2D eigenvalue weighted by Gasteiger charge is 2.26. The average molecular weight is 390 g/mol. The van der Waals surface area contributed by atoms with E-state index in [0.29, 0.717) is 24.3 Å². The lowest BCUT2D eigenvalue weighted by atomic mass is 10.1. The molecule has 0 aliphatic carbocycles. The molecular weight excluding hydrogens is 368 g/mol. The van der Waals surface area contributed by atoms with Gasteiger partial charge >= 0.3 is 5.97 Å². The van der Waals surface area contributed by atoms with E-state index in [4.69, 9.17) is 4.74 Å². The van der Waals surface area contributed by atoms with Crippen molar-refractivity contribution in [2.24, 2.45) is 7.05 Å². The summed E-state index contributed by atoms with van der Waals surface area (Å²) in [5, 5.41) is 0. The van der Waals surface area contributed by atoms with Crippen LogP contribution >= 0.6 is 0 Å². The highest BCUT2D eigenvalue weighted by molar-refractivity contribution is 7.89. The van der Waals surface area contributed by atoms with Gasteiger partial charge < -0.3 is 9.30 Å². The van der Waals surface area contributed by atoms with Gasteiger partial charge in [0.05, 0.1) is 4.90 Å². The predicted molar refractivity (Wildman–Crippen MR) is 99.1 cm³/mol. The van der Waals surface area contributed by atoms with Crippen LogP contribution in [0.4, 0.5) is 0 Å². The number of ketones is 1. The van der Waals surface area contributed by atoms with Crippen molar-refractivity contribution in [2.45, 2.75) is 24.2 Å². The van der Waals surface area contributed by atoms with E-state index in [-0.39, 0.29) is 10.7 Å². The first-order valence-corrected chi connectivity index (χ1v) is 10.3. The number of carbonyl (C=O) groups is 2. The lowest BCUT2D eigenvalue weighted by Crippen LogP contribution is -2.35. The second-order valence-corrected chi connectivity index (χ2v) is 8.43. The molecule has 0 N–H and O–H groups in total. The molecular formula is C19H22N2O5S. The van der Waals surface area contributed by atoms with Gasteiger partial charge in [0, 0.05) is 31.9 Å². The molecule has 0 spiro atoms. The Labute approximate surface area is 158 Å². The monoisotopic (exact) mass is 390 g/mol. The lowest BCUT2D eigenvalue weighted by molar-refractivity contribution is 0.0465. The third-order valence-electron chi connectivity index (χ3n) is 4.62. The highest BCUT2D eigenvalue weighted by atomic mass is 32.2. The Morgan fingerprint density at radius 2 is 1.70 bits per heavy atom. The number of aryl methyl sites for hydroxylation is 1. The molecule has 0 amide bonds. The summed E-state index contributed by atoms with van der Waals surface area (Å²) < 4.78 is 33.4. The highest BCUT2D eigenvalue weighted by Crippen LogP contribution is 2.21. The Hall–Kier alpha value is -2.45. The van der Waals surface area contributed by atoms with Gasteiger partial charge in [0.1, 0.15) is 5.69 Å². The number of hydrogen-bond acceptors (Lipinski definition) is 5. The summed E-state index contributed by atoms with van der Waals surface area (Å²) in [7, 11) is -1.82. The second kappa shape index (κ2) is 8.06. The summed E-state index contributed by atoms with van der Waals surface area (Å²) in [6.45, 7) is 0.651. The fourth-order valence-corrected chi connectivity index (χ4v) is 4.55. The van der Waals surface area contributed by atoms with Crippen molar-refractivity contribution in [1.29, 1.82) is 0 Å². The third-order valence-corrected chi connectivity index (χ3v) is 6.53. The molecule has 0 saturated carbocycles. The second-order valence-electron chi connectivity index (χ2n) is 6.49. The number of benzene rings is 1.